The van der Waals surface area contributed by atoms with Crippen molar-refractivity contribution in [1.29, 1.82) is 0 Å². The lowest BCUT2D eigenvalue weighted by atomic mass is 9.94. The Morgan fingerprint density at radius 3 is 0.918 bits per heavy atom. The Labute approximate surface area is 300 Å². The molecule has 0 amide bonds. The van der Waals surface area contributed by atoms with Gasteiger partial charge in [0.2, 0.25) is 0 Å². The molecule has 8 heteroatoms. The van der Waals surface area contributed by atoms with Crippen LogP contribution in [0.25, 0.3) is 0 Å². The van der Waals surface area contributed by atoms with Gasteiger partial charge in [0.25, 0.3) is 0 Å². The number of hydrogen-bond donors (Lipinski definition) is 3. The first kappa shape index (κ1) is 47.2. The van der Waals surface area contributed by atoms with Crippen molar-refractivity contribution in [3.05, 3.63) is 0 Å². The summed E-state index contributed by atoms with van der Waals surface area (Å²) in [5.74, 6) is -5.76. The fourth-order valence-corrected chi connectivity index (χ4v) is 7.00. The van der Waals surface area contributed by atoms with E-state index in [2.05, 4.69) is 13.8 Å². The third-order valence-corrected chi connectivity index (χ3v) is 10.3. The number of hydrogen-bond acceptors (Lipinski definition) is 5. The van der Waals surface area contributed by atoms with Crippen molar-refractivity contribution < 1.29 is 39.0 Å². The van der Waals surface area contributed by atoms with E-state index in [1.807, 2.05) is 0 Å². The van der Waals surface area contributed by atoms with Gasteiger partial charge in [0.15, 0.2) is 23.4 Å². The SMILES string of the molecule is CCCCCCCCCCCCCCCC(=O)C(C[N+](C)(CCO)CC(C(=O)O)C(=O)CCCCCCCCCCCCCCC)C(=O)O. The average Bonchev–Trinajstić information content (AvgIpc) is 3.06. The summed E-state index contributed by atoms with van der Waals surface area (Å²) < 4.78 is -0.154. The van der Waals surface area contributed by atoms with Gasteiger partial charge in [-0.3, -0.25) is 19.2 Å². The van der Waals surface area contributed by atoms with Crippen LogP contribution in [-0.2, 0) is 19.2 Å². The molecule has 0 heterocycles. The molecule has 3 N–H and O–H groups in total. The summed E-state index contributed by atoms with van der Waals surface area (Å²) in [7, 11) is 1.65. The average molecular weight is 697 g/mol. The van der Waals surface area contributed by atoms with Crippen molar-refractivity contribution in [3.8, 4) is 0 Å². The number of Topliss-reactive ketones (excluding diaryl/α,β-unsaturated/α-hetero) is 2. The molecule has 0 rings (SSSR count). The number of carbonyl (C=O) groups excluding carboxylic acids is 2. The Morgan fingerprint density at radius 1 is 0.449 bits per heavy atom. The van der Waals surface area contributed by atoms with Gasteiger partial charge in [0, 0.05) is 12.8 Å². The van der Waals surface area contributed by atoms with Crippen LogP contribution in [0.4, 0.5) is 0 Å². The number of unbranched alkanes of at least 4 members (excludes halogenated alkanes) is 24. The number of carboxylic acid groups (broad SMARTS) is 2. The van der Waals surface area contributed by atoms with Crippen LogP contribution in [0.3, 0.4) is 0 Å². The number of carboxylic acids is 2. The Balaban J connectivity index is 4.56. The number of ketones is 2. The fourth-order valence-electron chi connectivity index (χ4n) is 7.00. The highest BCUT2D eigenvalue weighted by Gasteiger charge is 2.40. The molecular weight excluding hydrogens is 618 g/mol. The zero-order chi connectivity index (χ0) is 36.6. The summed E-state index contributed by atoms with van der Waals surface area (Å²) in [6.07, 6.45) is 31.0. The van der Waals surface area contributed by atoms with Gasteiger partial charge >= 0.3 is 11.9 Å². The molecule has 0 aliphatic heterocycles. The first-order chi connectivity index (χ1) is 23.6. The summed E-state index contributed by atoms with van der Waals surface area (Å²) in [6, 6.07) is 0. The van der Waals surface area contributed by atoms with E-state index < -0.39 is 23.8 Å². The van der Waals surface area contributed by atoms with Gasteiger partial charge in [-0.05, 0) is 12.8 Å². The predicted octanol–water partition coefficient (Wildman–Crippen LogP) is 9.93. The van der Waals surface area contributed by atoms with Gasteiger partial charge in [0.05, 0.1) is 26.7 Å². The molecule has 0 aliphatic carbocycles. The summed E-state index contributed by atoms with van der Waals surface area (Å²) in [4.78, 5) is 50.4. The van der Waals surface area contributed by atoms with E-state index in [-0.39, 0.29) is 55.1 Å². The molecule has 0 radical (unpaired) electrons. The smallest absolute Gasteiger partial charge is 0.319 e. The van der Waals surface area contributed by atoms with Crippen LogP contribution in [-0.4, -0.2) is 76.6 Å². The Hall–Kier alpha value is -1.80. The standard InChI is InChI=1S/C41H77NO7/c1-4-6-8-10-12-14-16-18-20-22-24-26-28-30-38(44)36(40(46)47)34-42(3,32-33-43)35-37(41(48)49)39(45)31-29-27-25-23-21-19-17-15-13-11-9-7-5-2/h36-37,43H,4-35H2,1-3H3,(H-,46,47,48,49)/p+1. The molecule has 0 fully saturated rings. The second-order valence-corrected chi connectivity index (χ2v) is 15.1. The first-order valence-electron chi connectivity index (χ1n) is 20.6. The molecule has 49 heavy (non-hydrogen) atoms. The minimum atomic E-state index is -1.29. The van der Waals surface area contributed by atoms with E-state index in [9.17, 15) is 34.5 Å². The van der Waals surface area contributed by atoms with Crippen molar-refractivity contribution in [3.63, 3.8) is 0 Å². The van der Waals surface area contributed by atoms with Gasteiger partial charge in [-0.25, -0.2) is 0 Å². The molecule has 0 aromatic carbocycles. The van der Waals surface area contributed by atoms with Crippen LogP contribution >= 0.6 is 0 Å². The van der Waals surface area contributed by atoms with Crippen molar-refractivity contribution in [1.82, 2.24) is 0 Å². The number of aliphatic carboxylic acids is 2. The first-order valence-corrected chi connectivity index (χ1v) is 20.6. The summed E-state index contributed by atoms with van der Waals surface area (Å²) in [5.41, 5.74) is 0. The van der Waals surface area contributed by atoms with E-state index >= 15 is 0 Å². The summed E-state index contributed by atoms with van der Waals surface area (Å²) in [5, 5.41) is 29.7. The van der Waals surface area contributed by atoms with Crippen molar-refractivity contribution in [2.75, 3.05) is 33.3 Å². The predicted molar refractivity (Wildman–Crippen MR) is 201 cm³/mol. The van der Waals surface area contributed by atoms with Crippen LogP contribution in [0, 0.1) is 11.8 Å². The van der Waals surface area contributed by atoms with Gasteiger partial charge in [0.1, 0.15) is 6.54 Å². The lowest BCUT2D eigenvalue weighted by molar-refractivity contribution is -0.912. The van der Waals surface area contributed by atoms with Crippen LogP contribution < -0.4 is 0 Å². The number of rotatable bonds is 38. The monoisotopic (exact) mass is 697 g/mol. The molecule has 0 saturated carbocycles. The third-order valence-electron chi connectivity index (χ3n) is 10.3. The molecule has 0 aliphatic rings. The van der Waals surface area contributed by atoms with Crippen LogP contribution in [0.2, 0.25) is 0 Å². The molecule has 288 valence electrons. The largest absolute Gasteiger partial charge is 0.481 e. The molecule has 0 spiro atoms. The minimum absolute atomic E-state index is 0.0750. The molecule has 8 nitrogen and oxygen atoms in total. The topological polar surface area (TPSA) is 129 Å². The molecule has 0 aromatic heterocycles. The molecule has 2 unspecified atom stereocenters. The van der Waals surface area contributed by atoms with Gasteiger partial charge in [-0.15, -0.1) is 0 Å². The Bertz CT molecular complexity index is 784. The zero-order valence-corrected chi connectivity index (χ0v) is 32.2. The minimum Gasteiger partial charge on any atom is -0.481 e. The zero-order valence-electron chi connectivity index (χ0n) is 32.2. The maximum absolute atomic E-state index is 13.0. The number of quaternary nitrogens is 1. The quantitative estimate of drug-likeness (QED) is 0.0333. The highest BCUT2D eigenvalue weighted by atomic mass is 16.4. The number of likely N-dealkylation sites (N-methyl/N-ethyl adjacent to an activating group) is 1. The summed E-state index contributed by atoms with van der Waals surface area (Å²) >= 11 is 0. The second-order valence-electron chi connectivity index (χ2n) is 15.1. The lowest BCUT2D eigenvalue weighted by Crippen LogP contribution is -2.56. The molecule has 0 saturated heterocycles. The number of aliphatic hydroxyl groups is 1. The molecule has 0 bridgehead atoms. The van der Waals surface area contributed by atoms with E-state index in [4.69, 9.17) is 0 Å². The van der Waals surface area contributed by atoms with E-state index in [0.29, 0.717) is 12.8 Å². The highest BCUT2D eigenvalue weighted by Crippen LogP contribution is 2.20. The van der Waals surface area contributed by atoms with Crippen molar-refractivity contribution in [2.45, 2.75) is 194 Å². The van der Waals surface area contributed by atoms with Crippen LogP contribution in [0.15, 0.2) is 0 Å². The second kappa shape index (κ2) is 32.1. The summed E-state index contributed by atoms with van der Waals surface area (Å²) in [6.45, 7) is 3.98. The van der Waals surface area contributed by atoms with Gasteiger partial charge < -0.3 is 19.8 Å². The lowest BCUT2D eigenvalue weighted by Gasteiger charge is -2.37. The Morgan fingerprint density at radius 2 is 0.694 bits per heavy atom. The third kappa shape index (κ3) is 26.6. The maximum atomic E-state index is 13.0. The normalized spacial score (nSPS) is 14.0. The Kier molecular flexibility index (Phi) is 31.0. The number of nitrogens with zero attached hydrogens (tertiary/aromatic N) is 1. The fraction of sp³-hybridized carbons (Fsp3) is 0.902. The highest BCUT2D eigenvalue weighted by molar-refractivity contribution is 5.99. The van der Waals surface area contributed by atoms with Crippen molar-refractivity contribution in [2.24, 2.45) is 11.8 Å². The van der Waals surface area contributed by atoms with E-state index in [1.165, 1.54) is 116 Å². The van der Waals surface area contributed by atoms with E-state index in [1.54, 1.807) is 7.05 Å². The van der Waals surface area contributed by atoms with Crippen LogP contribution in [0.1, 0.15) is 194 Å². The number of carbonyl (C=O) groups is 4. The maximum Gasteiger partial charge on any atom is 0.319 e. The molecule has 0 aromatic rings. The molecule has 2 atom stereocenters. The van der Waals surface area contributed by atoms with E-state index in [0.717, 1.165) is 38.5 Å². The van der Waals surface area contributed by atoms with Crippen LogP contribution in [0.5, 0.6) is 0 Å². The van der Waals surface area contributed by atoms with Crippen molar-refractivity contribution >= 4 is 23.5 Å². The number of aliphatic hydroxyl groups excluding tert-OH is 1. The molecular formula is C41H78NO7+. The van der Waals surface area contributed by atoms with Gasteiger partial charge in [-0.1, -0.05) is 168 Å². The van der Waals surface area contributed by atoms with Gasteiger partial charge in [-0.2, -0.15) is 0 Å².